The molecule has 2 rings (SSSR count). The molecule has 0 aliphatic carbocycles. The van der Waals surface area contributed by atoms with Crippen LogP contribution in [0.3, 0.4) is 0 Å². The molecule has 0 unspecified atom stereocenters. The van der Waals surface area contributed by atoms with Gasteiger partial charge in [-0.15, -0.1) is 0 Å². The first-order valence-corrected chi connectivity index (χ1v) is 7.58. The Morgan fingerprint density at radius 1 is 1.23 bits per heavy atom. The third-order valence-electron chi connectivity index (χ3n) is 2.71. The van der Waals surface area contributed by atoms with Crippen LogP contribution < -0.4 is 9.57 Å². The van der Waals surface area contributed by atoms with Crippen LogP contribution in [0.5, 0.6) is 11.5 Å². The van der Waals surface area contributed by atoms with Gasteiger partial charge in [0.25, 0.3) is 10.0 Å². The normalized spacial score (nSPS) is 11.5. The summed E-state index contributed by atoms with van der Waals surface area (Å²) in [6.45, 7) is 0. The largest absolute Gasteiger partial charge is 0.504 e. The molecule has 0 aromatic heterocycles. The summed E-state index contributed by atoms with van der Waals surface area (Å²) in [5.41, 5.74) is 0.524. The number of ether oxygens (including phenoxy) is 1. The van der Waals surface area contributed by atoms with Crippen molar-refractivity contribution in [3.05, 3.63) is 53.8 Å². The number of sulfonamides is 1. The standard InChI is InChI=1S/C14H13FN2O4S/c1-21-14-8-10(2-7-13(14)18)9-16-17-22(19,20)12-5-3-11(15)4-6-12/h2-9,17-18H,1H3/b16-9+. The van der Waals surface area contributed by atoms with Crippen molar-refractivity contribution < 1.29 is 22.7 Å². The van der Waals surface area contributed by atoms with Crippen LogP contribution in [0.15, 0.2) is 52.5 Å². The fourth-order valence-corrected chi connectivity index (χ4v) is 2.40. The average Bonchev–Trinajstić information content (AvgIpc) is 2.49. The Bertz CT molecular complexity index is 789. The molecule has 0 saturated carbocycles. The number of hydrazone groups is 1. The molecule has 22 heavy (non-hydrogen) atoms. The van der Waals surface area contributed by atoms with Crippen molar-refractivity contribution in [1.82, 2.24) is 4.83 Å². The highest BCUT2D eigenvalue weighted by Gasteiger charge is 2.12. The second kappa shape index (κ2) is 6.44. The van der Waals surface area contributed by atoms with Crippen LogP contribution >= 0.6 is 0 Å². The van der Waals surface area contributed by atoms with Crippen LogP contribution in [0.4, 0.5) is 4.39 Å². The lowest BCUT2D eigenvalue weighted by atomic mass is 10.2. The van der Waals surface area contributed by atoms with Crippen molar-refractivity contribution in [2.24, 2.45) is 5.10 Å². The summed E-state index contributed by atoms with van der Waals surface area (Å²) >= 11 is 0. The van der Waals surface area contributed by atoms with Crippen LogP contribution in [-0.2, 0) is 10.0 Å². The van der Waals surface area contributed by atoms with Gasteiger partial charge in [0.15, 0.2) is 11.5 Å². The van der Waals surface area contributed by atoms with E-state index in [0.717, 1.165) is 24.3 Å². The molecule has 0 aliphatic rings. The second-order valence-corrected chi connectivity index (χ2v) is 5.90. The van der Waals surface area contributed by atoms with E-state index in [1.54, 1.807) is 0 Å². The van der Waals surface area contributed by atoms with Crippen molar-refractivity contribution in [2.75, 3.05) is 7.11 Å². The lowest BCUT2D eigenvalue weighted by Gasteiger charge is -2.04. The Hall–Kier alpha value is -2.61. The van der Waals surface area contributed by atoms with Crippen LogP contribution in [-0.4, -0.2) is 26.8 Å². The van der Waals surface area contributed by atoms with Gasteiger partial charge in [0.2, 0.25) is 0 Å². The summed E-state index contributed by atoms with van der Waals surface area (Å²) in [6.07, 6.45) is 1.25. The maximum atomic E-state index is 12.8. The van der Waals surface area contributed by atoms with Gasteiger partial charge in [-0.1, -0.05) is 0 Å². The van der Waals surface area contributed by atoms with Gasteiger partial charge < -0.3 is 9.84 Å². The van der Waals surface area contributed by atoms with Crippen molar-refractivity contribution in [3.8, 4) is 11.5 Å². The first-order chi connectivity index (χ1) is 10.4. The zero-order valence-electron chi connectivity index (χ0n) is 11.5. The third-order valence-corrected chi connectivity index (χ3v) is 3.95. The van der Waals surface area contributed by atoms with Crippen LogP contribution in [0.25, 0.3) is 0 Å². The van der Waals surface area contributed by atoms with E-state index in [2.05, 4.69) is 5.10 Å². The topological polar surface area (TPSA) is 88.0 Å². The van der Waals surface area contributed by atoms with E-state index in [-0.39, 0.29) is 16.4 Å². The van der Waals surface area contributed by atoms with Crippen LogP contribution in [0.2, 0.25) is 0 Å². The molecule has 2 aromatic rings. The molecule has 0 bridgehead atoms. The smallest absolute Gasteiger partial charge is 0.276 e. The summed E-state index contributed by atoms with van der Waals surface area (Å²) < 4.78 is 41.5. The average molecular weight is 324 g/mol. The molecular formula is C14H13FN2O4S. The van der Waals surface area contributed by atoms with Crippen LogP contribution in [0.1, 0.15) is 5.56 Å². The van der Waals surface area contributed by atoms with Crippen molar-refractivity contribution in [1.29, 1.82) is 0 Å². The molecule has 0 radical (unpaired) electrons. The lowest BCUT2D eigenvalue weighted by Crippen LogP contribution is -2.18. The predicted octanol–water partition coefficient (Wildman–Crippen LogP) is 1.85. The first-order valence-electron chi connectivity index (χ1n) is 6.10. The number of phenols is 1. The zero-order valence-corrected chi connectivity index (χ0v) is 12.3. The first kappa shape index (κ1) is 15.8. The predicted molar refractivity (Wildman–Crippen MR) is 79.0 cm³/mol. The molecule has 0 atom stereocenters. The monoisotopic (exact) mass is 324 g/mol. The maximum Gasteiger partial charge on any atom is 0.276 e. The highest BCUT2D eigenvalue weighted by atomic mass is 32.2. The molecule has 0 fully saturated rings. The highest BCUT2D eigenvalue weighted by molar-refractivity contribution is 7.89. The van der Waals surface area contributed by atoms with Crippen molar-refractivity contribution >= 4 is 16.2 Å². The number of hydrogen-bond donors (Lipinski definition) is 2. The van der Waals surface area contributed by atoms with Gasteiger partial charge in [-0.3, -0.25) is 0 Å². The minimum absolute atomic E-state index is 0.0356. The summed E-state index contributed by atoms with van der Waals surface area (Å²) in [6, 6.07) is 8.78. The summed E-state index contributed by atoms with van der Waals surface area (Å²) in [4.78, 5) is 1.91. The molecule has 0 aliphatic heterocycles. The van der Waals surface area contributed by atoms with E-state index >= 15 is 0 Å². The Labute approximate surface area is 126 Å². The van der Waals surface area contributed by atoms with E-state index < -0.39 is 15.8 Å². The minimum Gasteiger partial charge on any atom is -0.504 e. The number of rotatable bonds is 5. The number of halogens is 1. The van der Waals surface area contributed by atoms with E-state index in [4.69, 9.17) is 4.74 Å². The van der Waals surface area contributed by atoms with Gasteiger partial charge in [0.05, 0.1) is 18.2 Å². The number of nitrogens with zero attached hydrogens (tertiary/aromatic N) is 1. The van der Waals surface area contributed by atoms with Crippen molar-refractivity contribution in [3.63, 3.8) is 0 Å². The summed E-state index contributed by atoms with van der Waals surface area (Å²) in [7, 11) is -2.47. The molecular weight excluding hydrogens is 311 g/mol. The van der Waals surface area contributed by atoms with Gasteiger partial charge in [-0.2, -0.15) is 13.5 Å². The van der Waals surface area contributed by atoms with Gasteiger partial charge >= 0.3 is 0 Å². The van der Waals surface area contributed by atoms with Gasteiger partial charge in [-0.05, 0) is 48.0 Å². The lowest BCUT2D eigenvalue weighted by molar-refractivity contribution is 0.373. The molecule has 0 saturated heterocycles. The van der Waals surface area contributed by atoms with E-state index in [1.807, 2.05) is 4.83 Å². The molecule has 0 amide bonds. The van der Waals surface area contributed by atoms with Gasteiger partial charge in [0.1, 0.15) is 5.82 Å². The van der Waals surface area contributed by atoms with Gasteiger partial charge in [0, 0.05) is 0 Å². The van der Waals surface area contributed by atoms with E-state index in [1.165, 1.54) is 31.5 Å². The van der Waals surface area contributed by atoms with Crippen molar-refractivity contribution in [2.45, 2.75) is 4.90 Å². The van der Waals surface area contributed by atoms with Gasteiger partial charge in [-0.25, -0.2) is 9.22 Å². The number of aromatic hydroxyl groups is 1. The minimum atomic E-state index is -3.87. The van der Waals surface area contributed by atoms with Crippen LogP contribution in [0, 0.1) is 5.82 Å². The highest BCUT2D eigenvalue weighted by Crippen LogP contribution is 2.25. The molecule has 8 heteroatoms. The van der Waals surface area contributed by atoms with E-state index in [9.17, 15) is 17.9 Å². The molecule has 0 heterocycles. The quantitative estimate of drug-likeness (QED) is 0.649. The molecule has 6 nitrogen and oxygen atoms in total. The summed E-state index contributed by atoms with van der Waals surface area (Å²) in [5, 5.41) is 13.1. The van der Waals surface area contributed by atoms with E-state index in [0.29, 0.717) is 5.56 Å². The second-order valence-electron chi connectivity index (χ2n) is 4.24. The summed E-state index contributed by atoms with van der Waals surface area (Å²) in [5.74, 6) is -0.324. The number of hydrogen-bond acceptors (Lipinski definition) is 5. The Morgan fingerprint density at radius 3 is 2.55 bits per heavy atom. The number of phenolic OH excluding ortho intramolecular Hbond substituents is 1. The Balaban J connectivity index is 2.13. The zero-order chi connectivity index (χ0) is 16.2. The molecule has 2 N–H and O–H groups in total. The third kappa shape index (κ3) is 3.73. The number of methoxy groups -OCH3 is 1. The number of benzene rings is 2. The Morgan fingerprint density at radius 2 is 1.91 bits per heavy atom. The Kier molecular flexibility index (Phi) is 4.62. The number of nitrogens with one attached hydrogen (secondary N) is 1. The SMILES string of the molecule is COc1cc(/C=N/NS(=O)(=O)c2ccc(F)cc2)ccc1O. The molecule has 0 spiro atoms. The molecule has 2 aromatic carbocycles. The fraction of sp³-hybridized carbons (Fsp3) is 0.0714. The fourth-order valence-electron chi connectivity index (χ4n) is 1.61. The molecule has 116 valence electrons. The maximum absolute atomic E-state index is 12.8.